The molecule has 0 amide bonds. The second-order valence-corrected chi connectivity index (χ2v) is 4.26. The van der Waals surface area contributed by atoms with E-state index in [1.807, 2.05) is 0 Å². The fraction of sp³-hybridized carbons (Fsp3) is 0.0588. The number of rotatable bonds is 5. The van der Waals surface area contributed by atoms with Crippen LogP contribution in [0.4, 0.5) is 4.39 Å². The number of ether oxygens (including phenoxy) is 3. The molecule has 0 atom stereocenters. The average molecular weight is 316 g/mol. The molecule has 23 heavy (non-hydrogen) atoms. The Bertz CT molecular complexity index is 739. The van der Waals surface area contributed by atoms with Crippen molar-refractivity contribution >= 4 is 11.9 Å². The van der Waals surface area contributed by atoms with Crippen LogP contribution in [-0.4, -0.2) is 19.0 Å². The molecule has 0 heterocycles. The Morgan fingerprint density at radius 2 is 1.30 bits per heavy atom. The first kappa shape index (κ1) is 16.2. The maximum Gasteiger partial charge on any atom is 0.336 e. The maximum atomic E-state index is 13.3. The monoisotopic (exact) mass is 316 g/mol. The van der Waals surface area contributed by atoms with Crippen molar-refractivity contribution in [1.29, 1.82) is 0 Å². The lowest BCUT2D eigenvalue weighted by Crippen LogP contribution is -2.09. The second kappa shape index (κ2) is 7.74. The van der Waals surface area contributed by atoms with Gasteiger partial charge in [0.05, 0.1) is 7.11 Å². The van der Waals surface area contributed by atoms with Crippen molar-refractivity contribution in [1.82, 2.24) is 0 Å². The third-order valence-electron chi connectivity index (χ3n) is 2.68. The minimum absolute atomic E-state index is 0.215. The van der Waals surface area contributed by atoms with Crippen molar-refractivity contribution in [2.75, 3.05) is 7.11 Å². The van der Waals surface area contributed by atoms with Crippen molar-refractivity contribution in [2.45, 2.75) is 0 Å². The van der Waals surface area contributed by atoms with Gasteiger partial charge in [0.1, 0.15) is 0 Å². The number of hydrogen-bond acceptors (Lipinski definition) is 5. The molecule has 6 heteroatoms. The zero-order valence-electron chi connectivity index (χ0n) is 12.2. The summed E-state index contributed by atoms with van der Waals surface area (Å²) in [6.07, 6.45) is 1.74. The summed E-state index contributed by atoms with van der Waals surface area (Å²) in [5.41, 5.74) is 0. The van der Waals surface area contributed by atoms with Gasteiger partial charge in [-0.1, -0.05) is 24.3 Å². The number of para-hydroxylation sites is 3. The van der Waals surface area contributed by atoms with E-state index in [1.54, 1.807) is 24.3 Å². The molecule has 118 valence electrons. The van der Waals surface area contributed by atoms with Crippen molar-refractivity contribution in [3.63, 3.8) is 0 Å². The molecule has 0 saturated heterocycles. The molecule has 2 aromatic rings. The SMILES string of the molecule is COc1ccccc1OC(=O)/C=C/C(=O)Oc1ccccc1F. The van der Waals surface area contributed by atoms with E-state index < -0.39 is 17.8 Å². The molecule has 2 rings (SSSR count). The Labute approximate surface area is 131 Å². The van der Waals surface area contributed by atoms with Crippen molar-refractivity contribution in [2.24, 2.45) is 0 Å². The Morgan fingerprint density at radius 1 is 0.826 bits per heavy atom. The van der Waals surface area contributed by atoms with Gasteiger partial charge in [0.25, 0.3) is 0 Å². The van der Waals surface area contributed by atoms with E-state index in [0.717, 1.165) is 18.2 Å². The highest BCUT2D eigenvalue weighted by Gasteiger charge is 2.09. The van der Waals surface area contributed by atoms with Crippen molar-refractivity contribution in [3.8, 4) is 17.2 Å². The van der Waals surface area contributed by atoms with Crippen LogP contribution in [0, 0.1) is 5.82 Å². The van der Waals surface area contributed by atoms with E-state index in [2.05, 4.69) is 0 Å². The van der Waals surface area contributed by atoms with Crippen LogP contribution in [0.5, 0.6) is 17.2 Å². The second-order valence-electron chi connectivity index (χ2n) is 4.26. The highest BCUT2D eigenvalue weighted by atomic mass is 19.1. The first-order chi connectivity index (χ1) is 11.1. The Morgan fingerprint density at radius 3 is 1.87 bits per heavy atom. The summed E-state index contributed by atoms with van der Waals surface area (Å²) in [6, 6.07) is 12.0. The Balaban J connectivity index is 1.95. The van der Waals surface area contributed by atoms with Gasteiger partial charge in [0.2, 0.25) is 0 Å². The smallest absolute Gasteiger partial charge is 0.336 e. The summed E-state index contributed by atoms with van der Waals surface area (Å²) in [6.45, 7) is 0. The van der Waals surface area contributed by atoms with Gasteiger partial charge in [-0.05, 0) is 24.3 Å². The van der Waals surface area contributed by atoms with E-state index in [4.69, 9.17) is 14.2 Å². The van der Waals surface area contributed by atoms with Crippen LogP contribution in [0.3, 0.4) is 0 Å². The van der Waals surface area contributed by atoms with Crippen LogP contribution in [0.15, 0.2) is 60.7 Å². The molecule has 0 bridgehead atoms. The summed E-state index contributed by atoms with van der Waals surface area (Å²) < 4.78 is 28.1. The van der Waals surface area contributed by atoms with Crippen LogP contribution in [-0.2, 0) is 9.59 Å². The number of carbonyl (C=O) groups excluding carboxylic acids is 2. The van der Waals surface area contributed by atoms with E-state index in [1.165, 1.54) is 25.3 Å². The van der Waals surface area contributed by atoms with Gasteiger partial charge in [-0.3, -0.25) is 0 Å². The quantitative estimate of drug-likeness (QED) is 0.482. The summed E-state index contributed by atoms with van der Waals surface area (Å²) in [5.74, 6) is -1.99. The number of esters is 2. The van der Waals surface area contributed by atoms with Crippen LogP contribution in [0.25, 0.3) is 0 Å². The predicted octanol–water partition coefficient (Wildman–Crippen LogP) is 2.90. The first-order valence-corrected chi connectivity index (χ1v) is 6.59. The van der Waals surface area contributed by atoms with Crippen LogP contribution < -0.4 is 14.2 Å². The number of benzene rings is 2. The number of hydrogen-bond donors (Lipinski definition) is 0. The topological polar surface area (TPSA) is 61.8 Å². The molecule has 0 unspecified atom stereocenters. The standard InChI is InChI=1S/C17H13FO5/c1-21-14-8-4-5-9-15(14)23-17(20)11-10-16(19)22-13-7-3-2-6-12(13)18/h2-11H,1H3/b11-10+. The molecule has 2 aromatic carbocycles. The van der Waals surface area contributed by atoms with Gasteiger partial charge >= 0.3 is 11.9 Å². The first-order valence-electron chi connectivity index (χ1n) is 6.59. The lowest BCUT2D eigenvalue weighted by atomic mass is 10.3. The zero-order valence-corrected chi connectivity index (χ0v) is 12.2. The van der Waals surface area contributed by atoms with Gasteiger partial charge in [-0.15, -0.1) is 0 Å². The molecule has 0 aliphatic carbocycles. The molecule has 0 fully saturated rings. The summed E-state index contributed by atoms with van der Waals surface area (Å²) in [5, 5.41) is 0. The van der Waals surface area contributed by atoms with Crippen molar-refractivity contribution in [3.05, 3.63) is 66.5 Å². The fourth-order valence-electron chi connectivity index (χ4n) is 1.65. The normalized spacial score (nSPS) is 10.3. The average Bonchev–Trinajstić information content (AvgIpc) is 2.55. The van der Waals surface area contributed by atoms with E-state index in [0.29, 0.717) is 5.75 Å². The molecule has 0 spiro atoms. The Kier molecular flexibility index (Phi) is 5.46. The van der Waals surface area contributed by atoms with E-state index in [9.17, 15) is 14.0 Å². The molecule has 0 aromatic heterocycles. The minimum Gasteiger partial charge on any atom is -0.493 e. The van der Waals surface area contributed by atoms with Gasteiger partial charge in [0, 0.05) is 12.2 Å². The molecule has 0 N–H and O–H groups in total. The van der Waals surface area contributed by atoms with Gasteiger partial charge in [-0.2, -0.15) is 0 Å². The third kappa shape index (κ3) is 4.67. The number of carbonyl (C=O) groups is 2. The molecular weight excluding hydrogens is 303 g/mol. The van der Waals surface area contributed by atoms with Gasteiger partial charge in [-0.25, -0.2) is 14.0 Å². The minimum atomic E-state index is -0.896. The number of halogens is 1. The highest BCUT2D eigenvalue weighted by molar-refractivity contribution is 5.93. The van der Waals surface area contributed by atoms with Gasteiger partial charge in [0.15, 0.2) is 23.1 Å². The number of methoxy groups -OCH3 is 1. The molecule has 0 radical (unpaired) electrons. The molecule has 0 aliphatic rings. The summed E-state index contributed by atoms with van der Waals surface area (Å²) >= 11 is 0. The van der Waals surface area contributed by atoms with Crippen LogP contribution >= 0.6 is 0 Å². The summed E-state index contributed by atoms with van der Waals surface area (Å²) in [4.78, 5) is 23.2. The van der Waals surface area contributed by atoms with Crippen molar-refractivity contribution < 1.29 is 28.2 Å². The van der Waals surface area contributed by atoms with E-state index in [-0.39, 0.29) is 11.5 Å². The molecular formula is C17H13FO5. The largest absolute Gasteiger partial charge is 0.493 e. The highest BCUT2D eigenvalue weighted by Crippen LogP contribution is 2.25. The fourth-order valence-corrected chi connectivity index (χ4v) is 1.65. The molecule has 5 nitrogen and oxygen atoms in total. The predicted molar refractivity (Wildman–Crippen MR) is 79.8 cm³/mol. The zero-order chi connectivity index (χ0) is 16.7. The van der Waals surface area contributed by atoms with Gasteiger partial charge < -0.3 is 14.2 Å². The molecule has 0 aliphatic heterocycles. The lowest BCUT2D eigenvalue weighted by molar-refractivity contribution is -0.131. The van der Waals surface area contributed by atoms with Crippen LogP contribution in [0.1, 0.15) is 0 Å². The molecule has 0 saturated carbocycles. The summed E-state index contributed by atoms with van der Waals surface area (Å²) in [7, 11) is 1.44. The van der Waals surface area contributed by atoms with Crippen LogP contribution in [0.2, 0.25) is 0 Å². The lowest BCUT2D eigenvalue weighted by Gasteiger charge is -2.06. The Hall–Kier alpha value is -3.15. The third-order valence-corrected chi connectivity index (χ3v) is 2.68. The maximum absolute atomic E-state index is 13.3. The van der Waals surface area contributed by atoms with E-state index >= 15 is 0 Å².